The van der Waals surface area contributed by atoms with Crippen LogP contribution in [0.5, 0.6) is 0 Å². The molecule has 0 N–H and O–H groups in total. The lowest BCUT2D eigenvalue weighted by Crippen LogP contribution is -2.34. The van der Waals surface area contributed by atoms with Crippen LogP contribution in [-0.4, -0.2) is 18.4 Å². The highest BCUT2D eigenvalue weighted by Gasteiger charge is 2.52. The predicted octanol–water partition coefficient (Wildman–Crippen LogP) is 2.10. The lowest BCUT2D eigenvalue weighted by atomic mass is 10.3. The van der Waals surface area contributed by atoms with Crippen LogP contribution < -0.4 is 0 Å². The van der Waals surface area contributed by atoms with Crippen LogP contribution in [0.1, 0.15) is 0 Å². The average molecular weight is 174 g/mol. The van der Waals surface area contributed by atoms with Crippen LogP contribution in [0.4, 0.5) is 22.0 Å². The molecule has 0 aromatic carbocycles. The Balaban J connectivity index is 2.76. The molecule has 1 aliphatic heterocycles. The first-order valence-corrected chi connectivity index (χ1v) is 2.61. The van der Waals surface area contributed by atoms with Crippen molar-refractivity contribution in [2.24, 2.45) is 0 Å². The SMILES string of the molecule is FC(F)[C@@]1(F)C=CC(F)(F)O1. The van der Waals surface area contributed by atoms with Gasteiger partial charge in [-0.25, -0.2) is 13.2 Å². The standard InChI is InChI=1S/C5H3F5O/c6-3(7)4(8)1-2-5(9,10)11-4/h1-3H/t4-/m1/s1. The Kier molecular flexibility index (Phi) is 1.66. The Bertz CT molecular complexity index is 189. The molecule has 6 heteroatoms. The number of rotatable bonds is 1. The molecular weight excluding hydrogens is 171 g/mol. The molecule has 0 saturated carbocycles. The summed E-state index contributed by atoms with van der Waals surface area (Å²) in [5.41, 5.74) is 0. The molecule has 0 aromatic rings. The van der Waals surface area contributed by atoms with Crippen LogP contribution in [0.2, 0.25) is 0 Å². The highest BCUT2D eigenvalue weighted by Crippen LogP contribution is 2.38. The maximum absolute atomic E-state index is 12.4. The summed E-state index contributed by atoms with van der Waals surface area (Å²) in [7, 11) is 0. The molecule has 0 bridgehead atoms. The largest absolute Gasteiger partial charge is 0.379 e. The van der Waals surface area contributed by atoms with Gasteiger partial charge in [0.05, 0.1) is 0 Å². The molecule has 1 heterocycles. The Labute approximate surface area is 58.4 Å². The summed E-state index contributed by atoms with van der Waals surface area (Å²) in [6.45, 7) is 0. The van der Waals surface area contributed by atoms with Gasteiger partial charge in [-0.05, 0) is 6.08 Å². The number of alkyl halides is 5. The monoisotopic (exact) mass is 174 g/mol. The lowest BCUT2D eigenvalue weighted by molar-refractivity contribution is -0.302. The van der Waals surface area contributed by atoms with Crippen molar-refractivity contribution in [2.45, 2.75) is 18.4 Å². The first kappa shape index (κ1) is 8.45. The van der Waals surface area contributed by atoms with E-state index in [9.17, 15) is 22.0 Å². The summed E-state index contributed by atoms with van der Waals surface area (Å²) >= 11 is 0. The minimum atomic E-state index is -3.93. The third-order valence-corrected chi connectivity index (χ3v) is 1.09. The fourth-order valence-corrected chi connectivity index (χ4v) is 0.605. The van der Waals surface area contributed by atoms with E-state index in [2.05, 4.69) is 4.74 Å². The van der Waals surface area contributed by atoms with Crippen LogP contribution in [0, 0.1) is 0 Å². The predicted molar refractivity (Wildman–Crippen MR) is 25.0 cm³/mol. The maximum Gasteiger partial charge on any atom is 0.379 e. The Morgan fingerprint density at radius 1 is 1.09 bits per heavy atom. The van der Waals surface area contributed by atoms with Gasteiger partial charge in [-0.2, -0.15) is 8.78 Å². The van der Waals surface area contributed by atoms with E-state index in [1.165, 1.54) is 0 Å². The normalized spacial score (nSPS) is 35.1. The van der Waals surface area contributed by atoms with E-state index < -0.39 is 18.4 Å². The summed E-state index contributed by atoms with van der Waals surface area (Å²) in [6.07, 6.45) is -7.56. The molecule has 0 amide bonds. The average Bonchev–Trinajstić information content (AvgIpc) is 2.08. The zero-order chi connectivity index (χ0) is 8.70. The molecule has 0 fully saturated rings. The van der Waals surface area contributed by atoms with Crippen molar-refractivity contribution in [1.29, 1.82) is 0 Å². The second-order valence-electron chi connectivity index (χ2n) is 2.00. The molecule has 1 atom stereocenters. The van der Waals surface area contributed by atoms with Crippen molar-refractivity contribution < 1.29 is 26.7 Å². The van der Waals surface area contributed by atoms with Crippen LogP contribution in [0.3, 0.4) is 0 Å². The van der Waals surface area contributed by atoms with Gasteiger partial charge in [0, 0.05) is 6.08 Å². The van der Waals surface area contributed by atoms with Gasteiger partial charge in [0.15, 0.2) is 0 Å². The van der Waals surface area contributed by atoms with Gasteiger partial charge in [0.25, 0.3) is 12.3 Å². The molecule has 0 radical (unpaired) electrons. The van der Waals surface area contributed by atoms with Crippen LogP contribution >= 0.6 is 0 Å². The molecule has 0 spiro atoms. The van der Waals surface area contributed by atoms with Crippen molar-refractivity contribution in [3.05, 3.63) is 12.2 Å². The molecule has 0 unspecified atom stereocenters. The van der Waals surface area contributed by atoms with Gasteiger partial charge in [-0.1, -0.05) is 0 Å². The Morgan fingerprint density at radius 2 is 1.64 bits per heavy atom. The summed E-state index contributed by atoms with van der Waals surface area (Å²) in [6, 6.07) is 0. The van der Waals surface area contributed by atoms with Crippen molar-refractivity contribution in [1.82, 2.24) is 0 Å². The van der Waals surface area contributed by atoms with Gasteiger partial charge < -0.3 is 0 Å². The van der Waals surface area contributed by atoms with Gasteiger partial charge in [-0.15, -0.1) is 0 Å². The van der Waals surface area contributed by atoms with E-state index in [1.54, 1.807) is 0 Å². The Hall–Kier alpha value is -0.650. The maximum atomic E-state index is 12.4. The molecule has 11 heavy (non-hydrogen) atoms. The quantitative estimate of drug-likeness (QED) is 0.437. The van der Waals surface area contributed by atoms with E-state index in [0.29, 0.717) is 0 Å². The lowest BCUT2D eigenvalue weighted by Gasteiger charge is -2.18. The fraction of sp³-hybridized carbons (Fsp3) is 0.600. The molecule has 1 rings (SSSR count). The smallest absolute Gasteiger partial charge is 0.270 e. The highest BCUT2D eigenvalue weighted by atomic mass is 19.3. The van der Waals surface area contributed by atoms with Crippen LogP contribution in [0.25, 0.3) is 0 Å². The topological polar surface area (TPSA) is 9.23 Å². The third kappa shape index (κ3) is 1.50. The second-order valence-corrected chi connectivity index (χ2v) is 2.00. The summed E-state index contributed by atoms with van der Waals surface area (Å²) in [5.74, 6) is -3.64. The molecule has 0 saturated heterocycles. The van der Waals surface area contributed by atoms with Crippen molar-refractivity contribution in [2.75, 3.05) is 0 Å². The van der Waals surface area contributed by atoms with Crippen LogP contribution in [0.15, 0.2) is 12.2 Å². The van der Waals surface area contributed by atoms with Crippen molar-refractivity contribution in [3.63, 3.8) is 0 Å². The van der Waals surface area contributed by atoms with Crippen molar-refractivity contribution in [3.8, 4) is 0 Å². The highest BCUT2D eigenvalue weighted by molar-refractivity contribution is 5.08. The molecular formula is C5H3F5O. The minimum absolute atomic E-state index is 0.0116. The number of halogens is 5. The number of ether oxygens (including phenoxy) is 1. The van der Waals surface area contributed by atoms with Gasteiger partial charge >= 0.3 is 6.11 Å². The first-order valence-electron chi connectivity index (χ1n) is 2.61. The molecule has 64 valence electrons. The fourth-order valence-electron chi connectivity index (χ4n) is 0.605. The molecule has 0 aromatic heterocycles. The second kappa shape index (κ2) is 2.17. The van der Waals surface area contributed by atoms with Gasteiger partial charge in [-0.3, -0.25) is 4.74 Å². The summed E-state index contributed by atoms with van der Waals surface area (Å²) in [5, 5.41) is 0. The zero-order valence-electron chi connectivity index (χ0n) is 5.03. The molecule has 0 aliphatic carbocycles. The first-order chi connectivity index (χ1) is 4.86. The zero-order valence-corrected chi connectivity index (χ0v) is 5.03. The summed E-state index contributed by atoms with van der Waals surface area (Å²) < 4.78 is 62.5. The molecule has 1 nitrogen and oxygen atoms in total. The summed E-state index contributed by atoms with van der Waals surface area (Å²) in [4.78, 5) is 0. The van der Waals surface area contributed by atoms with Crippen molar-refractivity contribution >= 4 is 0 Å². The van der Waals surface area contributed by atoms with E-state index >= 15 is 0 Å². The van der Waals surface area contributed by atoms with Crippen LogP contribution in [-0.2, 0) is 4.74 Å². The third-order valence-electron chi connectivity index (χ3n) is 1.09. The van der Waals surface area contributed by atoms with E-state index in [1.807, 2.05) is 0 Å². The minimum Gasteiger partial charge on any atom is -0.270 e. The van der Waals surface area contributed by atoms with Gasteiger partial charge in [0.2, 0.25) is 0 Å². The Morgan fingerprint density at radius 3 is 1.82 bits per heavy atom. The number of hydrogen-bond acceptors (Lipinski definition) is 1. The number of hydrogen-bond donors (Lipinski definition) is 0. The van der Waals surface area contributed by atoms with E-state index in [0.717, 1.165) is 0 Å². The molecule has 1 aliphatic rings. The van der Waals surface area contributed by atoms with E-state index in [4.69, 9.17) is 0 Å². The van der Waals surface area contributed by atoms with Gasteiger partial charge in [0.1, 0.15) is 0 Å². The van der Waals surface area contributed by atoms with E-state index in [-0.39, 0.29) is 12.2 Å².